The molecule has 0 saturated carbocycles. The molecule has 2 saturated heterocycles. The number of hydrogen-bond donors (Lipinski definition) is 1. The highest BCUT2D eigenvalue weighted by molar-refractivity contribution is 7.19. The molecule has 2 aromatic heterocycles. The van der Waals surface area contributed by atoms with Crippen molar-refractivity contribution in [2.24, 2.45) is 0 Å². The lowest BCUT2D eigenvalue weighted by atomic mass is 9.90. The maximum atomic E-state index is 9.33. The van der Waals surface area contributed by atoms with Gasteiger partial charge >= 0.3 is 0 Å². The number of nitrogens with one attached hydrogen (secondary N) is 1. The number of benzene rings is 1. The summed E-state index contributed by atoms with van der Waals surface area (Å²) >= 11 is 1.76. The summed E-state index contributed by atoms with van der Waals surface area (Å²) in [6, 6.07) is 15.3. The second-order valence-corrected chi connectivity index (χ2v) is 8.59. The molecule has 0 radical (unpaired) electrons. The summed E-state index contributed by atoms with van der Waals surface area (Å²) in [5.74, 6) is 0. The van der Waals surface area contributed by atoms with Crippen LogP contribution in [-0.2, 0) is 0 Å². The van der Waals surface area contributed by atoms with Crippen molar-refractivity contribution in [3.63, 3.8) is 0 Å². The van der Waals surface area contributed by atoms with Crippen molar-refractivity contribution in [1.29, 1.82) is 5.26 Å². The molecular weight excluding hydrogens is 366 g/mol. The van der Waals surface area contributed by atoms with Crippen LogP contribution in [0.2, 0.25) is 0 Å². The topological polar surface area (TPSA) is 64.8 Å². The Hall–Kier alpha value is -2.75. The molecule has 0 aliphatic carbocycles. The molecule has 2 bridgehead atoms. The number of pyridine rings is 1. The number of thiazole rings is 1. The fourth-order valence-electron chi connectivity index (χ4n) is 4.31. The fraction of sp³-hybridized carbons (Fsp3) is 0.318. The van der Waals surface area contributed by atoms with E-state index in [4.69, 9.17) is 4.98 Å². The molecule has 28 heavy (non-hydrogen) atoms. The fourth-order valence-corrected chi connectivity index (χ4v) is 5.52. The third kappa shape index (κ3) is 2.88. The minimum Gasteiger partial charge on any atom is -0.339 e. The number of aryl methyl sites for hydroxylation is 2. The van der Waals surface area contributed by atoms with Gasteiger partial charge in [-0.3, -0.25) is 4.98 Å². The van der Waals surface area contributed by atoms with Gasteiger partial charge in [-0.1, -0.05) is 23.5 Å². The minimum absolute atomic E-state index is 0.539. The number of rotatable bonds is 3. The van der Waals surface area contributed by atoms with Crippen LogP contribution < -0.4 is 10.2 Å². The largest absolute Gasteiger partial charge is 0.339 e. The van der Waals surface area contributed by atoms with E-state index < -0.39 is 0 Å². The quantitative estimate of drug-likeness (QED) is 0.738. The van der Waals surface area contributed by atoms with Crippen LogP contribution in [0.5, 0.6) is 0 Å². The van der Waals surface area contributed by atoms with E-state index in [0.29, 0.717) is 17.6 Å². The van der Waals surface area contributed by atoms with Crippen molar-refractivity contribution in [1.82, 2.24) is 15.3 Å². The first kappa shape index (κ1) is 17.4. The van der Waals surface area contributed by atoms with E-state index in [-0.39, 0.29) is 0 Å². The number of nitriles is 1. The molecule has 2 aliphatic heterocycles. The molecule has 5 rings (SSSR count). The van der Waals surface area contributed by atoms with Gasteiger partial charge in [0, 0.05) is 42.1 Å². The zero-order valence-electron chi connectivity index (χ0n) is 15.9. The van der Waals surface area contributed by atoms with Crippen LogP contribution in [0.1, 0.15) is 23.4 Å². The summed E-state index contributed by atoms with van der Waals surface area (Å²) in [5.41, 5.74) is 5.77. The lowest BCUT2D eigenvalue weighted by Gasteiger charge is -2.53. The molecule has 0 amide bonds. The van der Waals surface area contributed by atoms with Gasteiger partial charge in [-0.05, 0) is 50.1 Å². The van der Waals surface area contributed by atoms with Gasteiger partial charge in [-0.15, -0.1) is 0 Å². The van der Waals surface area contributed by atoms with E-state index in [9.17, 15) is 5.26 Å². The Kier molecular flexibility index (Phi) is 4.15. The van der Waals surface area contributed by atoms with Gasteiger partial charge in [0.1, 0.15) is 0 Å². The third-order valence-corrected chi connectivity index (χ3v) is 6.65. The summed E-state index contributed by atoms with van der Waals surface area (Å²) in [5, 5.41) is 13.9. The maximum Gasteiger partial charge on any atom is 0.187 e. The first-order valence-corrected chi connectivity index (χ1v) is 10.4. The minimum atomic E-state index is 0.539. The molecule has 5 nitrogen and oxygen atoms in total. The van der Waals surface area contributed by atoms with Crippen LogP contribution in [0.4, 0.5) is 5.13 Å². The SMILES string of the molecule is Cc1cc(-c2sc(N3C4CNCC3C4)nc2-c2cccc(C#N)c2)cc(C)n1. The summed E-state index contributed by atoms with van der Waals surface area (Å²) in [6.45, 7) is 6.11. The normalized spacial score (nSPS) is 20.5. The van der Waals surface area contributed by atoms with Crippen molar-refractivity contribution >= 4 is 16.5 Å². The second kappa shape index (κ2) is 6.69. The number of nitrogens with zero attached hydrogens (tertiary/aromatic N) is 4. The molecule has 2 fully saturated rings. The Bertz CT molecular complexity index is 1060. The Morgan fingerprint density at radius 2 is 1.82 bits per heavy atom. The molecule has 2 aliphatic rings. The van der Waals surface area contributed by atoms with Crippen LogP contribution in [0.15, 0.2) is 36.4 Å². The second-order valence-electron chi connectivity index (χ2n) is 7.61. The molecular formula is C22H21N5S. The highest BCUT2D eigenvalue weighted by Gasteiger charge is 2.43. The first-order valence-electron chi connectivity index (χ1n) is 9.58. The van der Waals surface area contributed by atoms with Crippen molar-refractivity contribution in [3.05, 3.63) is 53.3 Å². The summed E-state index contributed by atoms with van der Waals surface area (Å²) in [7, 11) is 0. The number of aromatic nitrogens is 2. The zero-order chi connectivity index (χ0) is 19.3. The van der Waals surface area contributed by atoms with E-state index in [1.165, 1.54) is 6.42 Å². The van der Waals surface area contributed by atoms with Gasteiger partial charge in [0.2, 0.25) is 0 Å². The molecule has 140 valence electrons. The van der Waals surface area contributed by atoms with Gasteiger partial charge in [0.25, 0.3) is 0 Å². The highest BCUT2D eigenvalue weighted by Crippen LogP contribution is 2.44. The van der Waals surface area contributed by atoms with E-state index in [1.54, 1.807) is 11.3 Å². The number of hydrogen-bond acceptors (Lipinski definition) is 6. The van der Waals surface area contributed by atoms with Crippen LogP contribution in [0.3, 0.4) is 0 Å². The number of piperazine rings is 1. The summed E-state index contributed by atoms with van der Waals surface area (Å²) < 4.78 is 0. The lowest BCUT2D eigenvalue weighted by molar-refractivity contribution is 0.262. The smallest absolute Gasteiger partial charge is 0.187 e. The molecule has 1 aromatic carbocycles. The molecule has 4 heterocycles. The Labute approximate surface area is 168 Å². The molecule has 6 heteroatoms. The molecule has 3 aromatic rings. The van der Waals surface area contributed by atoms with Gasteiger partial charge in [-0.25, -0.2) is 4.98 Å². The van der Waals surface area contributed by atoms with Crippen LogP contribution >= 0.6 is 11.3 Å². The van der Waals surface area contributed by atoms with E-state index >= 15 is 0 Å². The predicted octanol–water partition coefficient (Wildman–Crippen LogP) is 3.91. The molecule has 2 atom stereocenters. The van der Waals surface area contributed by atoms with Crippen molar-refractivity contribution in [3.8, 4) is 27.8 Å². The van der Waals surface area contributed by atoms with Crippen LogP contribution in [-0.4, -0.2) is 35.1 Å². The number of anilines is 1. The van der Waals surface area contributed by atoms with Gasteiger partial charge in [0.05, 0.1) is 22.2 Å². The Morgan fingerprint density at radius 1 is 1.07 bits per heavy atom. The monoisotopic (exact) mass is 387 g/mol. The van der Waals surface area contributed by atoms with Crippen molar-refractivity contribution < 1.29 is 0 Å². The summed E-state index contributed by atoms with van der Waals surface area (Å²) in [4.78, 5) is 13.2. The predicted molar refractivity (Wildman–Crippen MR) is 113 cm³/mol. The maximum absolute atomic E-state index is 9.33. The van der Waals surface area contributed by atoms with E-state index in [0.717, 1.165) is 51.3 Å². The van der Waals surface area contributed by atoms with Crippen LogP contribution in [0, 0.1) is 25.2 Å². The first-order chi connectivity index (χ1) is 13.6. The zero-order valence-corrected chi connectivity index (χ0v) is 16.8. The van der Waals surface area contributed by atoms with Gasteiger partial charge < -0.3 is 10.2 Å². The van der Waals surface area contributed by atoms with E-state index in [1.807, 2.05) is 38.1 Å². The third-order valence-electron chi connectivity index (χ3n) is 5.54. The van der Waals surface area contributed by atoms with Crippen molar-refractivity contribution in [2.75, 3.05) is 18.0 Å². The molecule has 2 unspecified atom stereocenters. The lowest BCUT2D eigenvalue weighted by Crippen LogP contribution is -2.68. The standard InChI is InChI=1S/C22H21N5S/c1-13-6-17(7-14(2)25-13)21-20(16-5-3-4-15(8-16)10-23)26-22(28-21)27-18-9-19(27)12-24-11-18/h3-8,18-19,24H,9,11-12H2,1-2H3. The summed E-state index contributed by atoms with van der Waals surface area (Å²) in [6.07, 6.45) is 1.24. The van der Waals surface area contributed by atoms with Crippen LogP contribution in [0.25, 0.3) is 21.7 Å². The average Bonchev–Trinajstić information content (AvgIpc) is 3.12. The number of fused-ring (bicyclic) bond motifs is 2. The molecule has 0 spiro atoms. The molecule has 1 N–H and O–H groups in total. The average molecular weight is 388 g/mol. The highest BCUT2D eigenvalue weighted by atomic mass is 32.1. The van der Waals surface area contributed by atoms with Gasteiger partial charge in [-0.2, -0.15) is 5.26 Å². The van der Waals surface area contributed by atoms with Crippen molar-refractivity contribution in [2.45, 2.75) is 32.4 Å². The van der Waals surface area contributed by atoms with E-state index in [2.05, 4.69) is 33.4 Å². The number of piperidine rings is 1. The Balaban J connectivity index is 1.66. The van der Waals surface area contributed by atoms with Gasteiger partial charge in [0.15, 0.2) is 5.13 Å². The Morgan fingerprint density at radius 3 is 2.50 bits per heavy atom.